The molecule has 31 heavy (non-hydrogen) atoms. The number of amides is 1. The zero-order valence-electron chi connectivity index (χ0n) is 17.7. The van der Waals surface area contributed by atoms with Crippen LogP contribution in [0.25, 0.3) is 10.8 Å². The Morgan fingerprint density at radius 3 is 2.42 bits per heavy atom. The first-order valence-corrected chi connectivity index (χ1v) is 11.5. The van der Waals surface area contributed by atoms with Crippen molar-refractivity contribution in [3.63, 3.8) is 0 Å². The van der Waals surface area contributed by atoms with E-state index in [9.17, 15) is 9.59 Å². The minimum atomic E-state index is -0.212. The lowest BCUT2D eigenvalue weighted by atomic mass is 9.69. The second-order valence-corrected chi connectivity index (χ2v) is 10.2. The van der Waals surface area contributed by atoms with Crippen molar-refractivity contribution >= 4 is 44.1 Å². The van der Waals surface area contributed by atoms with Crippen LogP contribution in [0.1, 0.15) is 44.6 Å². The van der Waals surface area contributed by atoms with E-state index in [1.54, 1.807) is 4.90 Å². The number of para-hydroxylation sites is 1. The molecule has 0 N–H and O–H groups in total. The Hall–Kier alpha value is -2.72. The zero-order valence-corrected chi connectivity index (χ0v) is 19.3. The van der Waals surface area contributed by atoms with Crippen LogP contribution < -0.4 is 4.90 Å². The highest BCUT2D eigenvalue weighted by atomic mass is 79.9. The number of benzene rings is 3. The molecule has 1 heterocycles. The van der Waals surface area contributed by atoms with E-state index in [1.807, 2.05) is 42.5 Å². The van der Waals surface area contributed by atoms with Gasteiger partial charge in [0.2, 0.25) is 5.91 Å². The maximum atomic E-state index is 13.6. The molecule has 1 aliphatic carbocycles. The summed E-state index contributed by atoms with van der Waals surface area (Å²) in [5.41, 5.74) is 3.37. The highest BCUT2D eigenvalue weighted by molar-refractivity contribution is 9.10. The third-order valence-electron chi connectivity index (χ3n) is 6.44. The van der Waals surface area contributed by atoms with Gasteiger partial charge in [-0.25, -0.2) is 0 Å². The summed E-state index contributed by atoms with van der Waals surface area (Å²) in [6.45, 7) is 4.22. The second kappa shape index (κ2) is 7.45. The van der Waals surface area contributed by atoms with Crippen LogP contribution in [0.5, 0.6) is 0 Å². The van der Waals surface area contributed by atoms with Crippen molar-refractivity contribution < 1.29 is 9.59 Å². The van der Waals surface area contributed by atoms with Gasteiger partial charge >= 0.3 is 0 Å². The highest BCUT2D eigenvalue weighted by Crippen LogP contribution is 2.49. The Kier molecular flexibility index (Phi) is 4.86. The van der Waals surface area contributed by atoms with E-state index >= 15 is 0 Å². The van der Waals surface area contributed by atoms with Crippen LogP contribution in [0.2, 0.25) is 0 Å². The molecule has 1 amide bonds. The van der Waals surface area contributed by atoms with Crippen LogP contribution >= 0.6 is 15.9 Å². The van der Waals surface area contributed by atoms with Gasteiger partial charge in [-0.15, -0.1) is 0 Å². The maximum Gasteiger partial charge on any atom is 0.232 e. The molecular formula is C27H24BrNO2. The molecule has 156 valence electrons. The molecule has 4 heteroatoms. The lowest BCUT2D eigenvalue weighted by Gasteiger charge is -2.43. The van der Waals surface area contributed by atoms with Gasteiger partial charge in [0.05, 0.1) is 5.69 Å². The second-order valence-electron chi connectivity index (χ2n) is 9.31. The number of nitrogens with zero attached hydrogens (tertiary/aromatic N) is 1. The number of carbonyl (C=O) groups is 2. The predicted octanol–water partition coefficient (Wildman–Crippen LogP) is 6.77. The van der Waals surface area contributed by atoms with E-state index in [0.29, 0.717) is 19.3 Å². The summed E-state index contributed by atoms with van der Waals surface area (Å²) < 4.78 is 0.856. The fraction of sp³-hybridized carbons (Fsp3) is 0.259. The van der Waals surface area contributed by atoms with E-state index in [2.05, 4.69) is 54.0 Å². The standard InChI is InChI=1S/C27H24BrNO2/c1-27(2)15-23-26(24(30)16-27)20(19-11-7-9-17-8-3-4-10-18(17)19)14-25(31)29(23)22-13-6-5-12-21(22)28/h3-13,20H,14-16H2,1-2H3. The van der Waals surface area contributed by atoms with Crippen molar-refractivity contribution in [1.29, 1.82) is 0 Å². The van der Waals surface area contributed by atoms with E-state index in [-0.39, 0.29) is 23.0 Å². The fourth-order valence-electron chi connectivity index (χ4n) is 5.15. The molecule has 1 unspecified atom stereocenters. The van der Waals surface area contributed by atoms with Crippen LogP contribution in [0, 0.1) is 5.41 Å². The number of hydrogen-bond donors (Lipinski definition) is 0. The SMILES string of the molecule is CC1(C)CC(=O)C2=C(C1)N(c1ccccc1Br)C(=O)CC2c1cccc2ccccc12. The van der Waals surface area contributed by atoms with Gasteiger partial charge < -0.3 is 0 Å². The van der Waals surface area contributed by atoms with Crippen LogP contribution in [0.3, 0.4) is 0 Å². The number of rotatable bonds is 2. The third-order valence-corrected chi connectivity index (χ3v) is 7.11. The van der Waals surface area contributed by atoms with Gasteiger partial charge in [0.15, 0.2) is 5.78 Å². The van der Waals surface area contributed by atoms with Crippen molar-refractivity contribution in [2.24, 2.45) is 5.41 Å². The van der Waals surface area contributed by atoms with E-state index < -0.39 is 0 Å². The normalized spacial score (nSPS) is 20.9. The van der Waals surface area contributed by atoms with Crippen molar-refractivity contribution in [2.45, 2.75) is 39.0 Å². The average Bonchev–Trinajstić information content (AvgIpc) is 2.73. The molecule has 3 nitrogen and oxygen atoms in total. The predicted molar refractivity (Wildman–Crippen MR) is 128 cm³/mol. The van der Waals surface area contributed by atoms with Gasteiger partial charge in [-0.05, 0) is 56.2 Å². The van der Waals surface area contributed by atoms with Gasteiger partial charge in [0.25, 0.3) is 0 Å². The largest absolute Gasteiger partial charge is 0.294 e. The van der Waals surface area contributed by atoms with Crippen molar-refractivity contribution in [3.05, 3.63) is 88.0 Å². The van der Waals surface area contributed by atoms with Crippen molar-refractivity contribution in [1.82, 2.24) is 0 Å². The molecule has 3 aromatic rings. The molecule has 0 spiro atoms. The molecule has 1 atom stereocenters. The Balaban J connectivity index is 1.76. The Morgan fingerprint density at radius 2 is 1.61 bits per heavy atom. The third kappa shape index (κ3) is 3.43. The van der Waals surface area contributed by atoms with Gasteiger partial charge in [-0.2, -0.15) is 0 Å². The van der Waals surface area contributed by atoms with Gasteiger partial charge in [-0.1, -0.05) is 68.4 Å². The molecule has 0 saturated heterocycles. The number of hydrogen-bond acceptors (Lipinski definition) is 2. The number of allylic oxidation sites excluding steroid dienone is 2. The minimum absolute atomic E-state index is 0.0362. The monoisotopic (exact) mass is 473 g/mol. The van der Waals surface area contributed by atoms with Crippen LogP contribution in [-0.2, 0) is 9.59 Å². The number of ketones is 1. The fourth-order valence-corrected chi connectivity index (χ4v) is 5.61. The summed E-state index contributed by atoms with van der Waals surface area (Å²) in [5, 5.41) is 2.24. The molecule has 2 aliphatic rings. The Morgan fingerprint density at radius 1 is 0.903 bits per heavy atom. The summed E-state index contributed by atoms with van der Waals surface area (Å²) in [6, 6.07) is 22.1. The molecule has 0 aromatic heterocycles. The first-order valence-electron chi connectivity index (χ1n) is 10.7. The molecule has 5 rings (SSSR count). The van der Waals surface area contributed by atoms with Gasteiger partial charge in [0.1, 0.15) is 0 Å². The summed E-state index contributed by atoms with van der Waals surface area (Å²) in [5.74, 6) is -0.0150. The number of Topliss-reactive ketones (excluding diaryl/α,β-unsaturated/α-hetero) is 1. The van der Waals surface area contributed by atoms with Crippen LogP contribution in [0.15, 0.2) is 82.5 Å². The summed E-state index contributed by atoms with van der Waals surface area (Å²) in [6.07, 6.45) is 1.49. The number of halogens is 1. The quantitative estimate of drug-likeness (QED) is 0.411. The summed E-state index contributed by atoms with van der Waals surface area (Å²) in [4.78, 5) is 28.9. The molecule has 1 aliphatic heterocycles. The van der Waals surface area contributed by atoms with Gasteiger partial charge in [-0.3, -0.25) is 14.5 Å². The van der Waals surface area contributed by atoms with Crippen LogP contribution in [0.4, 0.5) is 5.69 Å². The molecule has 0 saturated carbocycles. The van der Waals surface area contributed by atoms with E-state index in [0.717, 1.165) is 37.8 Å². The van der Waals surface area contributed by atoms with Crippen LogP contribution in [-0.4, -0.2) is 11.7 Å². The van der Waals surface area contributed by atoms with E-state index in [1.165, 1.54) is 0 Å². The zero-order chi connectivity index (χ0) is 21.8. The number of fused-ring (bicyclic) bond motifs is 1. The van der Waals surface area contributed by atoms with E-state index in [4.69, 9.17) is 0 Å². The molecule has 3 aromatic carbocycles. The highest BCUT2D eigenvalue weighted by Gasteiger charge is 2.44. The first kappa shape index (κ1) is 20.2. The smallest absolute Gasteiger partial charge is 0.232 e. The lowest BCUT2D eigenvalue weighted by molar-refractivity contribution is -0.120. The molecule has 0 bridgehead atoms. The minimum Gasteiger partial charge on any atom is -0.294 e. The molecule has 0 radical (unpaired) electrons. The average molecular weight is 474 g/mol. The first-order chi connectivity index (χ1) is 14.9. The van der Waals surface area contributed by atoms with Crippen molar-refractivity contribution in [3.8, 4) is 0 Å². The summed E-state index contributed by atoms with van der Waals surface area (Å²) in [7, 11) is 0. The summed E-state index contributed by atoms with van der Waals surface area (Å²) >= 11 is 3.61. The topological polar surface area (TPSA) is 37.4 Å². The van der Waals surface area contributed by atoms with Gasteiger partial charge in [0, 0.05) is 34.5 Å². The maximum absolute atomic E-state index is 13.6. The lowest BCUT2D eigenvalue weighted by Crippen LogP contribution is -2.43. The Labute approximate surface area is 190 Å². The number of anilines is 1. The Bertz CT molecular complexity index is 1250. The van der Waals surface area contributed by atoms with Crippen molar-refractivity contribution in [2.75, 3.05) is 4.90 Å². The molecular weight excluding hydrogens is 450 g/mol. The molecule has 0 fully saturated rings. The number of carbonyl (C=O) groups excluding carboxylic acids is 2.